The van der Waals surface area contributed by atoms with E-state index in [2.05, 4.69) is 24.7 Å². The van der Waals surface area contributed by atoms with Gasteiger partial charge in [0, 0.05) is 0 Å². The Balaban J connectivity index is 3.67. The molecule has 0 aromatic heterocycles. The molecular weight excluding hydrogens is 180 g/mol. The summed E-state index contributed by atoms with van der Waals surface area (Å²) in [5, 5.41) is 8.21. The molecule has 0 spiro atoms. The molecule has 0 heterocycles. The molecule has 0 rings (SSSR count). The van der Waals surface area contributed by atoms with Gasteiger partial charge in [0.1, 0.15) is 6.61 Å². The Hall–Kier alpha value is -1.25. The van der Waals surface area contributed by atoms with Gasteiger partial charge in [0.05, 0.1) is 0 Å². The molecule has 3 nitrogen and oxygen atoms in total. The smallest absolute Gasteiger partial charge is 0.450 e. The summed E-state index contributed by atoms with van der Waals surface area (Å²) in [5.41, 5.74) is 2.46. The summed E-state index contributed by atoms with van der Waals surface area (Å²) in [5.74, 6) is 0. The van der Waals surface area contributed by atoms with Crippen molar-refractivity contribution in [2.24, 2.45) is 0 Å². The monoisotopic (exact) mass is 198 g/mol. The van der Waals surface area contributed by atoms with Crippen molar-refractivity contribution in [2.75, 3.05) is 6.61 Å². The molecule has 0 aliphatic rings. The zero-order valence-electron chi connectivity index (χ0n) is 9.04. The van der Waals surface area contributed by atoms with Crippen molar-refractivity contribution < 1.29 is 14.6 Å². The quantitative estimate of drug-likeness (QED) is 0.544. The maximum Gasteiger partial charge on any atom is 0.506 e. The van der Waals surface area contributed by atoms with Gasteiger partial charge in [-0.2, -0.15) is 0 Å². The van der Waals surface area contributed by atoms with Crippen LogP contribution in [0.3, 0.4) is 0 Å². The van der Waals surface area contributed by atoms with Crippen LogP contribution in [0.15, 0.2) is 23.3 Å². The summed E-state index contributed by atoms with van der Waals surface area (Å²) in [6.45, 7) is 6.25. The van der Waals surface area contributed by atoms with Crippen LogP contribution < -0.4 is 0 Å². The lowest BCUT2D eigenvalue weighted by Crippen LogP contribution is -1.99. The van der Waals surface area contributed by atoms with Crippen molar-refractivity contribution >= 4 is 6.16 Å². The largest absolute Gasteiger partial charge is 0.506 e. The van der Waals surface area contributed by atoms with E-state index in [-0.39, 0.29) is 6.61 Å². The third-order valence-electron chi connectivity index (χ3n) is 1.73. The first-order valence-electron chi connectivity index (χ1n) is 4.67. The molecule has 0 fully saturated rings. The minimum absolute atomic E-state index is 0.149. The average Bonchev–Trinajstić information content (AvgIpc) is 2.02. The Morgan fingerprint density at radius 3 is 2.43 bits per heavy atom. The summed E-state index contributed by atoms with van der Waals surface area (Å²) >= 11 is 0. The van der Waals surface area contributed by atoms with E-state index in [9.17, 15) is 4.79 Å². The third kappa shape index (κ3) is 8.84. The van der Waals surface area contributed by atoms with E-state index in [1.165, 1.54) is 5.57 Å². The van der Waals surface area contributed by atoms with Crippen LogP contribution in [0.1, 0.15) is 33.6 Å². The van der Waals surface area contributed by atoms with Gasteiger partial charge in [-0.15, -0.1) is 0 Å². The first-order chi connectivity index (χ1) is 6.52. The van der Waals surface area contributed by atoms with Crippen LogP contribution in [0.5, 0.6) is 0 Å². The highest BCUT2D eigenvalue weighted by atomic mass is 16.7. The summed E-state index contributed by atoms with van der Waals surface area (Å²) in [7, 11) is 0. The molecule has 14 heavy (non-hydrogen) atoms. The molecule has 0 unspecified atom stereocenters. The van der Waals surface area contributed by atoms with Gasteiger partial charge in [0.25, 0.3) is 0 Å². The summed E-state index contributed by atoms with van der Waals surface area (Å²) in [6.07, 6.45) is 4.69. The molecule has 3 heteroatoms. The SMILES string of the molecule is CC(C)=CCCC(C)=CCOC(=O)O. The van der Waals surface area contributed by atoms with Gasteiger partial charge >= 0.3 is 6.16 Å². The van der Waals surface area contributed by atoms with Gasteiger partial charge in [-0.25, -0.2) is 4.79 Å². The normalized spacial score (nSPS) is 10.9. The number of ether oxygens (including phenoxy) is 1. The zero-order valence-corrected chi connectivity index (χ0v) is 9.04. The van der Waals surface area contributed by atoms with E-state index >= 15 is 0 Å². The van der Waals surface area contributed by atoms with Gasteiger partial charge < -0.3 is 9.84 Å². The van der Waals surface area contributed by atoms with E-state index in [1.54, 1.807) is 6.08 Å². The van der Waals surface area contributed by atoms with Crippen LogP contribution >= 0.6 is 0 Å². The number of hydrogen-bond donors (Lipinski definition) is 1. The second kappa shape index (κ2) is 7.18. The third-order valence-corrected chi connectivity index (χ3v) is 1.73. The molecule has 0 saturated carbocycles. The number of hydrogen-bond acceptors (Lipinski definition) is 2. The van der Waals surface area contributed by atoms with E-state index in [0.29, 0.717) is 0 Å². The molecule has 0 saturated heterocycles. The van der Waals surface area contributed by atoms with E-state index in [1.807, 2.05) is 6.92 Å². The first kappa shape index (κ1) is 12.8. The van der Waals surface area contributed by atoms with Gasteiger partial charge in [-0.1, -0.05) is 17.2 Å². The van der Waals surface area contributed by atoms with E-state index in [4.69, 9.17) is 5.11 Å². The maximum absolute atomic E-state index is 10.0. The molecular formula is C11H18O3. The number of carbonyl (C=O) groups is 1. The van der Waals surface area contributed by atoms with Crippen LogP contribution in [0, 0.1) is 0 Å². The molecule has 0 aliphatic carbocycles. The molecule has 0 aromatic carbocycles. The summed E-state index contributed by atoms with van der Waals surface area (Å²) in [4.78, 5) is 10.0. The minimum atomic E-state index is -1.22. The molecule has 0 amide bonds. The fraction of sp³-hybridized carbons (Fsp3) is 0.545. The first-order valence-corrected chi connectivity index (χ1v) is 4.67. The lowest BCUT2D eigenvalue weighted by atomic mass is 10.1. The van der Waals surface area contributed by atoms with Crippen LogP contribution in [0.2, 0.25) is 0 Å². The van der Waals surface area contributed by atoms with Crippen LogP contribution in [0.4, 0.5) is 4.79 Å². The zero-order chi connectivity index (χ0) is 11.0. The maximum atomic E-state index is 10.0. The summed E-state index contributed by atoms with van der Waals surface area (Å²) < 4.78 is 4.36. The summed E-state index contributed by atoms with van der Waals surface area (Å²) in [6, 6.07) is 0. The lowest BCUT2D eigenvalue weighted by Gasteiger charge is -1.99. The average molecular weight is 198 g/mol. The highest BCUT2D eigenvalue weighted by molar-refractivity contribution is 5.56. The number of allylic oxidation sites excluding steroid dienone is 3. The van der Waals surface area contributed by atoms with Crippen molar-refractivity contribution in [3.8, 4) is 0 Å². The topological polar surface area (TPSA) is 46.5 Å². The van der Waals surface area contributed by atoms with Crippen LogP contribution in [-0.4, -0.2) is 17.9 Å². The van der Waals surface area contributed by atoms with Crippen molar-refractivity contribution in [3.05, 3.63) is 23.3 Å². The Bertz CT molecular complexity index is 235. The Morgan fingerprint density at radius 2 is 1.93 bits per heavy atom. The molecule has 80 valence electrons. The fourth-order valence-corrected chi connectivity index (χ4v) is 0.946. The molecule has 0 radical (unpaired) electrons. The van der Waals surface area contributed by atoms with Crippen molar-refractivity contribution in [1.82, 2.24) is 0 Å². The van der Waals surface area contributed by atoms with E-state index in [0.717, 1.165) is 18.4 Å². The fourth-order valence-electron chi connectivity index (χ4n) is 0.946. The predicted molar refractivity (Wildman–Crippen MR) is 56.4 cm³/mol. The number of carboxylic acid groups (broad SMARTS) is 1. The Morgan fingerprint density at radius 1 is 1.29 bits per heavy atom. The van der Waals surface area contributed by atoms with Crippen molar-refractivity contribution in [3.63, 3.8) is 0 Å². The molecule has 0 aromatic rings. The van der Waals surface area contributed by atoms with Crippen molar-refractivity contribution in [2.45, 2.75) is 33.6 Å². The Labute approximate surface area is 85.1 Å². The Kier molecular flexibility index (Phi) is 6.54. The van der Waals surface area contributed by atoms with Gasteiger partial charge in [-0.05, 0) is 39.7 Å². The van der Waals surface area contributed by atoms with Crippen LogP contribution in [-0.2, 0) is 4.74 Å². The second-order valence-corrected chi connectivity index (χ2v) is 3.45. The van der Waals surface area contributed by atoms with E-state index < -0.39 is 6.16 Å². The minimum Gasteiger partial charge on any atom is -0.450 e. The number of rotatable bonds is 5. The van der Waals surface area contributed by atoms with Crippen molar-refractivity contribution in [1.29, 1.82) is 0 Å². The van der Waals surface area contributed by atoms with Gasteiger partial charge in [-0.3, -0.25) is 0 Å². The lowest BCUT2D eigenvalue weighted by molar-refractivity contribution is 0.102. The molecule has 1 N–H and O–H groups in total. The molecule has 0 aliphatic heterocycles. The second-order valence-electron chi connectivity index (χ2n) is 3.45. The highest BCUT2D eigenvalue weighted by Gasteiger charge is 1.93. The van der Waals surface area contributed by atoms with Gasteiger partial charge in [0.15, 0.2) is 0 Å². The highest BCUT2D eigenvalue weighted by Crippen LogP contribution is 2.06. The standard InChI is InChI=1S/C11H18O3/c1-9(2)5-4-6-10(3)7-8-14-11(12)13/h5,7H,4,6,8H2,1-3H3,(H,12,13). The predicted octanol–water partition coefficient (Wildman–Crippen LogP) is 3.37. The molecule has 0 atom stereocenters. The van der Waals surface area contributed by atoms with Crippen LogP contribution in [0.25, 0.3) is 0 Å². The van der Waals surface area contributed by atoms with Gasteiger partial charge in [0.2, 0.25) is 0 Å². The molecule has 0 bridgehead atoms.